The minimum Gasteiger partial charge on any atom is -0.348 e. The lowest BCUT2D eigenvalue weighted by atomic mass is 10.1. The zero-order valence-corrected chi connectivity index (χ0v) is 18.1. The van der Waals surface area contributed by atoms with Crippen LogP contribution in [0.15, 0.2) is 54.6 Å². The summed E-state index contributed by atoms with van der Waals surface area (Å²) in [4.78, 5) is 24.8. The Morgan fingerprint density at radius 2 is 1.47 bits per heavy atom. The first-order valence-corrected chi connectivity index (χ1v) is 9.97. The highest BCUT2D eigenvalue weighted by Gasteiger charge is 2.17. The maximum Gasteiger partial charge on any atom is 0.251 e. The molecule has 1 aromatic heterocycles. The molecule has 3 aromatic rings. The number of nitrogens with one attached hydrogen (secondary N) is 2. The first-order valence-electron chi connectivity index (χ1n) is 9.97. The molecule has 0 radical (unpaired) electrons. The number of benzene rings is 2. The maximum atomic E-state index is 12.6. The average Bonchev–Trinajstić information content (AvgIpc) is 2.99. The Labute approximate surface area is 177 Å². The van der Waals surface area contributed by atoms with Gasteiger partial charge in [0.05, 0.1) is 11.4 Å². The summed E-state index contributed by atoms with van der Waals surface area (Å²) < 4.78 is 1.89. The van der Waals surface area contributed by atoms with Gasteiger partial charge in [0, 0.05) is 34.5 Å². The van der Waals surface area contributed by atoms with Gasteiger partial charge in [0.2, 0.25) is 0 Å². The summed E-state index contributed by atoms with van der Waals surface area (Å²) in [6.45, 7) is 10.1. The molecule has 0 saturated carbocycles. The van der Waals surface area contributed by atoms with Crippen LogP contribution in [0.2, 0.25) is 0 Å². The number of carbonyl (C=O) groups excluding carboxylic acids is 2. The van der Waals surface area contributed by atoms with Crippen LogP contribution in [0.5, 0.6) is 0 Å². The van der Waals surface area contributed by atoms with Crippen LogP contribution in [-0.4, -0.2) is 27.1 Å². The molecule has 2 N–H and O–H groups in total. The summed E-state index contributed by atoms with van der Waals surface area (Å²) in [6, 6.07) is 16.6. The SMILES string of the molecule is Cc1nn(-c2ccccc2)c(C)c1CNC(=O)c1ccc(C(=O)NC(C)(C)C)cc1. The Morgan fingerprint density at radius 1 is 0.900 bits per heavy atom. The summed E-state index contributed by atoms with van der Waals surface area (Å²) in [5, 5.41) is 10.5. The predicted molar refractivity (Wildman–Crippen MR) is 118 cm³/mol. The minimum absolute atomic E-state index is 0.158. The second-order valence-electron chi connectivity index (χ2n) is 8.36. The topological polar surface area (TPSA) is 76.0 Å². The molecule has 0 aliphatic heterocycles. The molecule has 0 unspecified atom stereocenters. The first kappa shape index (κ1) is 21.3. The summed E-state index contributed by atoms with van der Waals surface area (Å²) in [5.41, 5.74) is 4.57. The molecule has 0 atom stereocenters. The third kappa shape index (κ3) is 4.95. The largest absolute Gasteiger partial charge is 0.348 e. The van der Waals surface area contributed by atoms with E-state index in [4.69, 9.17) is 0 Å². The van der Waals surface area contributed by atoms with Crippen LogP contribution in [0.4, 0.5) is 0 Å². The maximum absolute atomic E-state index is 12.6. The molecule has 156 valence electrons. The Bertz CT molecular complexity index is 1050. The van der Waals surface area contributed by atoms with E-state index >= 15 is 0 Å². The third-order valence-corrected chi connectivity index (χ3v) is 4.77. The highest BCUT2D eigenvalue weighted by Crippen LogP contribution is 2.18. The number of hydrogen-bond donors (Lipinski definition) is 2. The fourth-order valence-electron chi connectivity index (χ4n) is 3.21. The van der Waals surface area contributed by atoms with Gasteiger partial charge < -0.3 is 10.6 Å². The fourth-order valence-corrected chi connectivity index (χ4v) is 3.21. The lowest BCUT2D eigenvalue weighted by molar-refractivity contribution is 0.0915. The number of aromatic nitrogens is 2. The Balaban J connectivity index is 1.68. The van der Waals surface area contributed by atoms with Gasteiger partial charge in [-0.2, -0.15) is 5.10 Å². The summed E-state index contributed by atoms with van der Waals surface area (Å²) in [7, 11) is 0. The van der Waals surface area contributed by atoms with Gasteiger partial charge in [-0.25, -0.2) is 4.68 Å². The molecule has 2 aromatic carbocycles. The Hall–Kier alpha value is -3.41. The number of hydrogen-bond acceptors (Lipinski definition) is 3. The van der Waals surface area contributed by atoms with Gasteiger partial charge >= 0.3 is 0 Å². The molecule has 1 heterocycles. The van der Waals surface area contributed by atoms with E-state index in [-0.39, 0.29) is 17.4 Å². The van der Waals surface area contributed by atoms with E-state index in [1.54, 1.807) is 24.3 Å². The van der Waals surface area contributed by atoms with Crippen molar-refractivity contribution in [1.82, 2.24) is 20.4 Å². The molecule has 0 aliphatic carbocycles. The van der Waals surface area contributed by atoms with Crippen molar-refractivity contribution in [3.05, 3.63) is 82.7 Å². The highest BCUT2D eigenvalue weighted by molar-refractivity contribution is 5.98. The number of rotatable bonds is 5. The van der Waals surface area contributed by atoms with E-state index in [0.29, 0.717) is 17.7 Å². The molecule has 0 fully saturated rings. The normalized spacial score (nSPS) is 11.2. The van der Waals surface area contributed by atoms with Crippen molar-refractivity contribution >= 4 is 11.8 Å². The van der Waals surface area contributed by atoms with Crippen molar-refractivity contribution < 1.29 is 9.59 Å². The molecule has 30 heavy (non-hydrogen) atoms. The minimum atomic E-state index is -0.312. The van der Waals surface area contributed by atoms with Crippen LogP contribution in [0.1, 0.15) is 58.4 Å². The van der Waals surface area contributed by atoms with Crippen LogP contribution in [0.3, 0.4) is 0 Å². The molecule has 0 bridgehead atoms. The van der Waals surface area contributed by atoms with Gasteiger partial charge in [0.25, 0.3) is 11.8 Å². The molecule has 0 saturated heterocycles. The van der Waals surface area contributed by atoms with Gasteiger partial charge in [0.1, 0.15) is 0 Å². The van der Waals surface area contributed by atoms with Crippen molar-refractivity contribution in [2.45, 2.75) is 46.7 Å². The third-order valence-electron chi connectivity index (χ3n) is 4.77. The molecule has 6 heteroatoms. The lowest BCUT2D eigenvalue weighted by Gasteiger charge is -2.20. The van der Waals surface area contributed by atoms with E-state index in [1.165, 1.54) is 0 Å². The van der Waals surface area contributed by atoms with Crippen LogP contribution in [-0.2, 0) is 6.54 Å². The predicted octanol–water partition coefficient (Wildman–Crippen LogP) is 3.95. The van der Waals surface area contributed by atoms with Crippen LogP contribution in [0, 0.1) is 13.8 Å². The monoisotopic (exact) mass is 404 g/mol. The number of amides is 2. The second kappa shape index (κ2) is 8.53. The van der Waals surface area contributed by atoms with Gasteiger partial charge in [-0.15, -0.1) is 0 Å². The van der Waals surface area contributed by atoms with E-state index in [2.05, 4.69) is 15.7 Å². The lowest BCUT2D eigenvalue weighted by Crippen LogP contribution is -2.40. The summed E-state index contributed by atoms with van der Waals surface area (Å²) in [5.74, 6) is -0.349. The van der Waals surface area contributed by atoms with Crippen molar-refractivity contribution in [2.24, 2.45) is 0 Å². The zero-order valence-electron chi connectivity index (χ0n) is 18.1. The van der Waals surface area contributed by atoms with E-state index in [0.717, 1.165) is 22.6 Å². The van der Waals surface area contributed by atoms with Crippen molar-refractivity contribution in [3.8, 4) is 5.69 Å². The first-order chi connectivity index (χ1) is 14.2. The van der Waals surface area contributed by atoms with Crippen LogP contribution < -0.4 is 10.6 Å². The van der Waals surface area contributed by atoms with Gasteiger partial charge in [-0.05, 0) is 71.0 Å². The standard InChI is InChI=1S/C24H28N4O2/c1-16-21(17(2)28(27-16)20-9-7-6-8-10-20)15-25-22(29)18-11-13-19(14-12-18)23(30)26-24(3,4)5/h6-14H,15H2,1-5H3,(H,25,29)(H,26,30). The number of carbonyl (C=O) groups is 2. The van der Waals surface area contributed by atoms with Gasteiger partial charge in [0.15, 0.2) is 0 Å². The van der Waals surface area contributed by atoms with Crippen molar-refractivity contribution in [1.29, 1.82) is 0 Å². The van der Waals surface area contributed by atoms with Crippen molar-refractivity contribution in [3.63, 3.8) is 0 Å². The number of para-hydroxylation sites is 1. The summed E-state index contributed by atoms with van der Waals surface area (Å²) in [6.07, 6.45) is 0. The van der Waals surface area contributed by atoms with Gasteiger partial charge in [-0.1, -0.05) is 18.2 Å². The second-order valence-corrected chi connectivity index (χ2v) is 8.36. The molecule has 0 aliphatic rings. The van der Waals surface area contributed by atoms with E-state index in [1.807, 2.05) is 69.6 Å². The molecule has 0 spiro atoms. The van der Waals surface area contributed by atoms with E-state index in [9.17, 15) is 9.59 Å². The smallest absolute Gasteiger partial charge is 0.251 e. The number of nitrogens with zero attached hydrogens (tertiary/aromatic N) is 2. The number of aryl methyl sites for hydroxylation is 1. The summed E-state index contributed by atoms with van der Waals surface area (Å²) >= 11 is 0. The molecular formula is C24H28N4O2. The molecule has 3 rings (SSSR count). The zero-order chi connectivity index (χ0) is 21.9. The Kier molecular flexibility index (Phi) is 6.06. The molecule has 6 nitrogen and oxygen atoms in total. The van der Waals surface area contributed by atoms with Gasteiger partial charge in [-0.3, -0.25) is 9.59 Å². The van der Waals surface area contributed by atoms with Crippen molar-refractivity contribution in [2.75, 3.05) is 0 Å². The van der Waals surface area contributed by atoms with Crippen LogP contribution in [0.25, 0.3) is 5.69 Å². The fraction of sp³-hybridized carbons (Fsp3) is 0.292. The average molecular weight is 405 g/mol. The Morgan fingerprint density at radius 3 is 2.03 bits per heavy atom. The van der Waals surface area contributed by atoms with Crippen LogP contribution >= 0.6 is 0 Å². The quantitative estimate of drug-likeness (QED) is 0.676. The highest BCUT2D eigenvalue weighted by atomic mass is 16.2. The van der Waals surface area contributed by atoms with E-state index < -0.39 is 0 Å². The molecule has 2 amide bonds. The molecular weight excluding hydrogens is 376 g/mol.